The standard InChI is InChI=1S/C36H28N2O2S4.C16H15NS2.C4H2O4.CH4/c39-35-33(25-9-13-27(14-10-25)37(21-29-5-1-17-41-29)22-30-6-2-18-42-30)36(40)34(35)26-11-15-28(16-12-26)38(23-31-7-3-19-43-31)24-32-8-4-20-44-32;1-2-6-14(7-3-1)17(12-15-8-4-10-18-15)13-16-9-5-11-19-16;5-1-2(6)4(8)3(1)7;/h1-20H,21-24H2;1-11H,12-13H2;5-6H;1H4. The van der Waals surface area contributed by atoms with E-state index in [-0.39, 0.29) is 30.1 Å². The second kappa shape index (κ2) is 24.4. The van der Waals surface area contributed by atoms with Crippen LogP contribution in [0.1, 0.15) is 42.3 Å². The summed E-state index contributed by atoms with van der Waals surface area (Å²) in [6, 6.07) is 44.0. The van der Waals surface area contributed by atoms with E-state index in [1.807, 2.05) is 71.2 Å². The first kappa shape index (κ1) is 51.4. The van der Waals surface area contributed by atoms with E-state index in [0.717, 1.165) is 50.7 Å². The molecular weight excluding hydrogens is 1020 g/mol. The second-order valence-electron chi connectivity index (χ2n) is 16.2. The van der Waals surface area contributed by atoms with Gasteiger partial charge in [0.2, 0.25) is 17.2 Å². The molecule has 0 bridgehead atoms. The molecule has 0 unspecified atom stereocenters. The zero-order valence-electron chi connectivity index (χ0n) is 38.0. The number of Topliss-reactive ketones (excluding diaryl/α,β-unsaturated/α-hetero) is 1. The summed E-state index contributed by atoms with van der Waals surface area (Å²) < 4.78 is 2.33. The van der Waals surface area contributed by atoms with Gasteiger partial charge in [-0.05, 0) is 116 Å². The van der Waals surface area contributed by atoms with Gasteiger partial charge in [0.15, 0.2) is 18.9 Å². The third-order valence-corrected chi connectivity index (χ3v) is 16.7. The maximum absolute atomic E-state index is 13.3. The summed E-state index contributed by atoms with van der Waals surface area (Å²) >= 11 is 10.6. The van der Waals surface area contributed by atoms with Gasteiger partial charge in [-0.1, -0.05) is 79.9 Å². The van der Waals surface area contributed by atoms with Crippen molar-refractivity contribution in [2.75, 3.05) is 9.80 Å². The third-order valence-electron chi connectivity index (χ3n) is 11.5. The predicted molar refractivity (Wildman–Crippen MR) is 300 cm³/mol. The lowest BCUT2D eigenvalue weighted by atomic mass is 9.80. The van der Waals surface area contributed by atoms with Crippen molar-refractivity contribution < 1.29 is 24.7 Å². The summed E-state index contributed by atoms with van der Waals surface area (Å²) in [5, 5.41) is 42.5. The number of anilines is 2. The van der Waals surface area contributed by atoms with Gasteiger partial charge >= 0.3 is 0 Å². The largest absolute Gasteiger partial charge is 0.871 e. The van der Waals surface area contributed by atoms with Crippen molar-refractivity contribution in [1.29, 1.82) is 0 Å². The number of ketones is 1. The third kappa shape index (κ3) is 12.5. The first-order chi connectivity index (χ1) is 34.7. The molecule has 6 aromatic heterocycles. The predicted octanol–water partition coefficient (Wildman–Crippen LogP) is 12.4. The molecule has 0 saturated carbocycles. The number of carbonyl (C=O) groups is 1. The van der Waals surface area contributed by atoms with Crippen LogP contribution < -0.4 is 25.8 Å². The summed E-state index contributed by atoms with van der Waals surface area (Å²) in [5.74, 6) is -2.01. The zero-order valence-corrected chi connectivity index (χ0v) is 42.9. The van der Waals surface area contributed by atoms with Crippen LogP contribution in [0.5, 0.6) is 11.5 Å². The molecule has 0 spiro atoms. The van der Waals surface area contributed by atoms with E-state index in [0.29, 0.717) is 11.1 Å². The van der Waals surface area contributed by atoms with Gasteiger partial charge in [0.25, 0.3) is 10.9 Å². The monoisotopic (exact) mass is 1060 g/mol. The van der Waals surface area contributed by atoms with Crippen LogP contribution in [0, 0.1) is 0 Å². The highest BCUT2D eigenvalue weighted by Crippen LogP contribution is 2.38. The number of aromatic hydroxyl groups is 2. The van der Waals surface area contributed by atoms with Gasteiger partial charge in [-0.25, -0.2) is 4.58 Å². The smallest absolute Gasteiger partial charge is 0.275 e. The number of allylic oxidation sites excluding steroid dienone is 7. The van der Waals surface area contributed by atoms with Gasteiger partial charge in [0.05, 0.1) is 35.9 Å². The quantitative estimate of drug-likeness (QED) is 0.0591. The van der Waals surface area contributed by atoms with E-state index in [9.17, 15) is 19.5 Å². The molecule has 72 heavy (non-hydrogen) atoms. The molecule has 364 valence electrons. The minimum atomic E-state index is -1.01. The minimum Gasteiger partial charge on any atom is -0.871 e. The van der Waals surface area contributed by atoms with Crippen LogP contribution in [0.4, 0.5) is 11.4 Å². The highest BCUT2D eigenvalue weighted by Gasteiger charge is 2.31. The Kier molecular flexibility index (Phi) is 17.4. The molecule has 11 rings (SSSR count). The van der Waals surface area contributed by atoms with Crippen molar-refractivity contribution in [2.24, 2.45) is 0 Å². The molecule has 2 aliphatic carbocycles. The average Bonchev–Trinajstić information content (AvgIpc) is 4.27. The van der Waals surface area contributed by atoms with Crippen LogP contribution in [-0.4, -0.2) is 26.3 Å². The van der Waals surface area contributed by atoms with Crippen LogP contribution in [0.2, 0.25) is 0 Å². The Hall–Kier alpha value is -6.98. The zero-order chi connectivity index (χ0) is 49.1. The van der Waals surface area contributed by atoms with Gasteiger partial charge in [-0.3, -0.25) is 14.4 Å². The minimum absolute atomic E-state index is 0. The fourth-order valence-electron chi connectivity index (χ4n) is 7.86. The number of thiophene rings is 6. The van der Waals surface area contributed by atoms with Crippen molar-refractivity contribution >= 4 is 96.5 Å². The van der Waals surface area contributed by atoms with Gasteiger partial charge in [-0.15, -0.1) is 68.0 Å². The summed E-state index contributed by atoms with van der Waals surface area (Å²) in [4.78, 5) is 46.0. The lowest BCUT2D eigenvalue weighted by Gasteiger charge is -2.32. The van der Waals surface area contributed by atoms with E-state index < -0.39 is 22.4 Å². The number of rotatable bonds is 15. The van der Waals surface area contributed by atoms with Crippen LogP contribution >= 0.6 is 68.0 Å². The molecule has 6 heterocycles. The van der Waals surface area contributed by atoms with Gasteiger partial charge < -0.3 is 25.1 Å². The number of hydrogen-bond donors (Lipinski definition) is 2. The highest BCUT2D eigenvalue weighted by molar-refractivity contribution is 7.11. The summed E-state index contributed by atoms with van der Waals surface area (Å²) in [5.41, 5.74) is 3.28. The molecule has 0 fully saturated rings. The van der Waals surface area contributed by atoms with Crippen molar-refractivity contribution in [2.45, 2.75) is 46.7 Å². The highest BCUT2D eigenvalue weighted by atomic mass is 32.1. The van der Waals surface area contributed by atoms with E-state index in [1.165, 1.54) is 35.0 Å². The summed E-state index contributed by atoms with van der Waals surface area (Å²) in [6.45, 7) is 5.15. The molecule has 0 atom stereocenters. The normalized spacial score (nSPS) is 12.7. The van der Waals surface area contributed by atoms with E-state index in [4.69, 9.17) is 10.2 Å². The molecule has 0 radical (unpaired) electrons. The first-order valence-electron chi connectivity index (χ1n) is 22.4. The van der Waals surface area contributed by atoms with Crippen molar-refractivity contribution in [3.05, 3.63) is 256 Å². The van der Waals surface area contributed by atoms with Gasteiger partial charge in [0.1, 0.15) is 0 Å². The Morgan fingerprint density at radius 1 is 0.444 bits per heavy atom. The summed E-state index contributed by atoms with van der Waals surface area (Å²) in [6.07, 6.45) is 7.85. The van der Waals surface area contributed by atoms with Crippen molar-refractivity contribution in [1.82, 2.24) is 0 Å². The molecule has 15 heteroatoms. The maximum Gasteiger partial charge on any atom is 0.275 e. The van der Waals surface area contributed by atoms with Crippen LogP contribution in [0.3, 0.4) is 0 Å². The molecule has 0 amide bonds. The Bertz CT molecular complexity index is 3220. The molecule has 9 aromatic rings. The fourth-order valence-corrected chi connectivity index (χ4v) is 12.2. The fraction of sp³-hybridized carbons (Fsp3) is 0.123. The number of para-hydroxylation sites is 1. The first-order valence-corrected chi connectivity index (χ1v) is 27.7. The summed E-state index contributed by atoms with van der Waals surface area (Å²) in [7, 11) is 0. The number of carbonyl (C=O) groups excluding carboxylic acids is 1. The molecular formula is C57H49N3O6S6. The van der Waals surface area contributed by atoms with Gasteiger partial charge in [-0.2, -0.15) is 0 Å². The van der Waals surface area contributed by atoms with E-state index in [1.54, 1.807) is 45.3 Å². The molecule has 0 saturated heterocycles. The SMILES string of the molecule is C.O=C1C(=C2C=CC(=[N+](Cc3cccs3)Cc3cccs3)C=C2)C([O-])=C1c1ccc(N(Cc2cccs2)Cc2cccs2)cc1.O=c1c(O)c(O)c1=O.c1ccc(N(Cc2cccs2)Cc2cccs2)cc1. The average molecular weight is 1060 g/mol. The Morgan fingerprint density at radius 2 is 0.819 bits per heavy atom. The Labute approximate surface area is 442 Å². The topological polar surface area (TPSA) is 124 Å². The van der Waals surface area contributed by atoms with Crippen LogP contribution in [-0.2, 0) is 44.1 Å². The van der Waals surface area contributed by atoms with E-state index >= 15 is 0 Å². The Morgan fingerprint density at radius 3 is 1.17 bits per heavy atom. The van der Waals surface area contributed by atoms with Crippen molar-refractivity contribution in [3.8, 4) is 11.5 Å². The second-order valence-corrected chi connectivity index (χ2v) is 22.4. The van der Waals surface area contributed by atoms with Gasteiger partial charge in [0, 0.05) is 54.2 Å². The molecule has 9 nitrogen and oxygen atoms in total. The number of nitrogens with zero attached hydrogens (tertiary/aromatic N) is 3. The number of hydrogen-bond acceptors (Lipinski definition) is 14. The van der Waals surface area contributed by atoms with E-state index in [2.05, 4.69) is 150 Å². The Balaban J connectivity index is 0.000000202. The molecule has 3 aromatic carbocycles. The molecule has 0 aliphatic heterocycles. The lowest BCUT2D eigenvalue weighted by Crippen LogP contribution is -2.30. The maximum atomic E-state index is 13.3. The molecule has 2 aliphatic rings. The van der Waals surface area contributed by atoms with Crippen molar-refractivity contribution in [3.63, 3.8) is 0 Å². The molecule has 2 N–H and O–H groups in total. The van der Waals surface area contributed by atoms with Crippen LogP contribution in [0.25, 0.3) is 5.57 Å². The lowest BCUT2D eigenvalue weighted by molar-refractivity contribution is -0.557. The van der Waals surface area contributed by atoms with Crippen LogP contribution in [0.15, 0.2) is 210 Å². The number of benzene rings is 2.